The number of allylic oxidation sites excluding steroid dienone is 14. The Morgan fingerprint density at radius 1 is 0.661 bits per heavy atom. The van der Waals surface area contributed by atoms with E-state index >= 15 is 0 Å². The molecule has 56 heavy (non-hydrogen) atoms. The predicted molar refractivity (Wildman–Crippen MR) is 237 cm³/mol. The molecular weight excluding hydrogens is 677 g/mol. The third-order valence-electron chi connectivity index (χ3n) is 14.2. The molecule has 0 spiro atoms. The van der Waals surface area contributed by atoms with E-state index < -0.39 is 0 Å². The number of benzene rings is 3. The summed E-state index contributed by atoms with van der Waals surface area (Å²) in [5.41, 5.74) is 17.2. The van der Waals surface area contributed by atoms with E-state index in [-0.39, 0.29) is 6.04 Å². The number of hydrogen-bond acceptors (Lipinski definition) is 1. The van der Waals surface area contributed by atoms with Crippen molar-refractivity contribution in [2.24, 2.45) is 11.8 Å². The van der Waals surface area contributed by atoms with Gasteiger partial charge in [-0.25, -0.2) is 0 Å². The van der Waals surface area contributed by atoms with Crippen LogP contribution in [-0.2, 0) is 6.42 Å². The van der Waals surface area contributed by atoms with E-state index in [1.165, 1.54) is 119 Å². The van der Waals surface area contributed by atoms with Crippen LogP contribution < -0.4 is 4.90 Å². The van der Waals surface area contributed by atoms with E-state index in [4.69, 9.17) is 0 Å². The predicted octanol–water partition coefficient (Wildman–Crippen LogP) is 14.2. The standard InChI is InChI=1S/C54H54N2/c1-4-15-37(16-5-1)40-21-14-22-45(32-40)55-51-25-12-10-23-47(51)49-35-41(27-29-53(49)55)42-28-30-54-50(36-42)48-24-11-13-26-52(48)56(54)46-33-43(38-17-6-2-7-18-38)31-44(34-46)39-19-8-3-9-20-39/h2,4,6-7,10-11,14-15,17-19,21-24,27-31,33,35-37,40,46-47,51H,1,3,5,8-9,12-13,16,20,25-26,32,34H2. The molecule has 3 aromatic carbocycles. The van der Waals surface area contributed by atoms with Crippen molar-refractivity contribution in [3.05, 3.63) is 173 Å². The fourth-order valence-electron chi connectivity index (χ4n) is 11.5. The second kappa shape index (κ2) is 14.5. The minimum Gasteiger partial charge on any atom is -0.341 e. The summed E-state index contributed by atoms with van der Waals surface area (Å²) in [7, 11) is 0. The van der Waals surface area contributed by atoms with Crippen molar-refractivity contribution < 1.29 is 0 Å². The van der Waals surface area contributed by atoms with E-state index in [1.54, 1.807) is 11.1 Å². The zero-order chi connectivity index (χ0) is 37.0. The molecule has 0 amide bonds. The SMILES string of the molecule is C1=CC(C2C=CCCC2)CC(N2c3ccc(-c4ccc5c(c4)c4c(n5C5C=C(c6ccccc6)C=C(C6=CCCCC6)C5)CCC=C4)cc3C3C=CCCC32)=C1. The molecule has 2 heteroatoms. The molecule has 0 N–H and O–H groups in total. The number of nitrogens with zero attached hydrogens (tertiary/aromatic N) is 2. The largest absolute Gasteiger partial charge is 0.341 e. The van der Waals surface area contributed by atoms with E-state index in [0.717, 1.165) is 25.7 Å². The molecule has 2 nitrogen and oxygen atoms in total. The summed E-state index contributed by atoms with van der Waals surface area (Å²) in [6.07, 6.45) is 45.3. The molecule has 7 aliphatic rings. The normalized spacial score (nSPS) is 26.6. The van der Waals surface area contributed by atoms with E-state index in [1.807, 2.05) is 0 Å². The number of anilines is 1. The first-order valence-corrected chi connectivity index (χ1v) is 21.9. The Morgan fingerprint density at radius 2 is 1.57 bits per heavy atom. The Hall–Kier alpha value is -5.08. The first-order chi connectivity index (χ1) is 27.8. The third kappa shape index (κ3) is 5.99. The van der Waals surface area contributed by atoms with Gasteiger partial charge in [0.05, 0.1) is 6.04 Å². The first-order valence-electron chi connectivity index (χ1n) is 21.9. The summed E-state index contributed by atoms with van der Waals surface area (Å²) in [5, 5.41) is 1.40. The van der Waals surface area contributed by atoms with Crippen LogP contribution in [0.5, 0.6) is 0 Å². The summed E-state index contributed by atoms with van der Waals surface area (Å²) in [4.78, 5) is 2.76. The zero-order valence-corrected chi connectivity index (χ0v) is 32.8. The Kier molecular flexibility index (Phi) is 8.82. The number of fused-ring (bicyclic) bond motifs is 6. The van der Waals surface area contributed by atoms with Crippen LogP contribution >= 0.6 is 0 Å². The number of aromatic nitrogens is 1. The van der Waals surface area contributed by atoms with Gasteiger partial charge in [0.2, 0.25) is 0 Å². The second-order valence-electron chi connectivity index (χ2n) is 17.5. The van der Waals surface area contributed by atoms with Crippen molar-refractivity contribution >= 4 is 28.2 Å². The summed E-state index contributed by atoms with van der Waals surface area (Å²) >= 11 is 0. The molecule has 1 aliphatic heterocycles. The van der Waals surface area contributed by atoms with Crippen LogP contribution in [0.15, 0.2) is 150 Å². The Labute approximate surface area is 333 Å². The maximum Gasteiger partial charge on any atom is 0.0569 e. The van der Waals surface area contributed by atoms with Gasteiger partial charge in [0.15, 0.2) is 0 Å². The lowest BCUT2D eigenvalue weighted by molar-refractivity contribution is 0.407. The highest BCUT2D eigenvalue weighted by molar-refractivity contribution is 5.95. The van der Waals surface area contributed by atoms with Gasteiger partial charge in [0.1, 0.15) is 0 Å². The lowest BCUT2D eigenvalue weighted by atomic mass is 9.80. The van der Waals surface area contributed by atoms with Gasteiger partial charge >= 0.3 is 0 Å². The van der Waals surface area contributed by atoms with Gasteiger partial charge in [-0.15, -0.1) is 0 Å². The van der Waals surface area contributed by atoms with Crippen LogP contribution in [0.4, 0.5) is 5.69 Å². The maximum absolute atomic E-state index is 2.76. The third-order valence-corrected chi connectivity index (χ3v) is 14.2. The van der Waals surface area contributed by atoms with Crippen LogP contribution in [0.25, 0.3) is 33.7 Å². The fourth-order valence-corrected chi connectivity index (χ4v) is 11.5. The molecule has 280 valence electrons. The molecule has 0 saturated heterocycles. The zero-order valence-electron chi connectivity index (χ0n) is 32.8. The highest BCUT2D eigenvalue weighted by Crippen LogP contribution is 2.51. The lowest BCUT2D eigenvalue weighted by Gasteiger charge is -2.36. The maximum atomic E-state index is 2.76. The van der Waals surface area contributed by atoms with Gasteiger partial charge < -0.3 is 9.47 Å². The molecule has 5 atom stereocenters. The Balaban J connectivity index is 0.967. The number of rotatable bonds is 6. The average Bonchev–Trinajstić information content (AvgIpc) is 3.79. The lowest BCUT2D eigenvalue weighted by Crippen LogP contribution is -2.35. The molecule has 4 aromatic rings. The molecule has 0 radical (unpaired) electrons. The fraction of sp³-hybridized carbons (Fsp3) is 0.333. The summed E-state index contributed by atoms with van der Waals surface area (Å²) < 4.78 is 2.73. The van der Waals surface area contributed by atoms with Crippen LogP contribution in [0.3, 0.4) is 0 Å². The molecule has 0 fully saturated rings. The van der Waals surface area contributed by atoms with Crippen LogP contribution in [0.1, 0.15) is 111 Å². The van der Waals surface area contributed by atoms with Crippen molar-refractivity contribution in [2.75, 3.05) is 4.90 Å². The van der Waals surface area contributed by atoms with Crippen molar-refractivity contribution in [1.82, 2.24) is 4.57 Å². The van der Waals surface area contributed by atoms with E-state index in [9.17, 15) is 0 Å². The van der Waals surface area contributed by atoms with Crippen LogP contribution in [-0.4, -0.2) is 10.6 Å². The van der Waals surface area contributed by atoms with Gasteiger partial charge in [-0.1, -0.05) is 109 Å². The summed E-state index contributed by atoms with van der Waals surface area (Å²) in [5.74, 6) is 1.72. The molecule has 6 aliphatic carbocycles. The van der Waals surface area contributed by atoms with Gasteiger partial charge in [-0.2, -0.15) is 0 Å². The highest BCUT2D eigenvalue weighted by atomic mass is 15.2. The summed E-state index contributed by atoms with van der Waals surface area (Å²) in [6.45, 7) is 0. The smallest absolute Gasteiger partial charge is 0.0569 e. The van der Waals surface area contributed by atoms with Crippen molar-refractivity contribution in [3.63, 3.8) is 0 Å². The van der Waals surface area contributed by atoms with Gasteiger partial charge in [-0.3, -0.25) is 0 Å². The molecule has 0 bridgehead atoms. The summed E-state index contributed by atoms with van der Waals surface area (Å²) in [6, 6.07) is 26.7. The van der Waals surface area contributed by atoms with Crippen LogP contribution in [0, 0.1) is 11.8 Å². The van der Waals surface area contributed by atoms with Gasteiger partial charge in [0.25, 0.3) is 0 Å². The first kappa shape index (κ1) is 34.2. The van der Waals surface area contributed by atoms with Gasteiger partial charge in [0, 0.05) is 45.5 Å². The topological polar surface area (TPSA) is 8.17 Å². The quantitative estimate of drug-likeness (QED) is 0.179. The van der Waals surface area contributed by atoms with Crippen molar-refractivity contribution in [2.45, 2.75) is 101 Å². The van der Waals surface area contributed by atoms with Crippen LogP contribution in [0.2, 0.25) is 0 Å². The Bertz CT molecular complexity index is 2440. The molecule has 11 rings (SSSR count). The minimum absolute atomic E-state index is 0.287. The molecule has 5 unspecified atom stereocenters. The van der Waals surface area contributed by atoms with Gasteiger partial charge in [-0.05, 0) is 165 Å². The molecule has 0 saturated carbocycles. The van der Waals surface area contributed by atoms with E-state index in [2.05, 4.69) is 149 Å². The Morgan fingerprint density at radius 3 is 2.46 bits per heavy atom. The monoisotopic (exact) mass is 730 g/mol. The highest BCUT2D eigenvalue weighted by Gasteiger charge is 2.40. The molecular formula is C54H54N2. The van der Waals surface area contributed by atoms with Crippen molar-refractivity contribution in [1.29, 1.82) is 0 Å². The molecule has 1 aromatic heterocycles. The van der Waals surface area contributed by atoms with E-state index in [0.29, 0.717) is 23.8 Å². The molecule has 2 heterocycles. The second-order valence-corrected chi connectivity index (χ2v) is 17.5. The average molecular weight is 731 g/mol. The minimum atomic E-state index is 0.287. The number of hydrogen-bond donors (Lipinski definition) is 0. The van der Waals surface area contributed by atoms with Crippen molar-refractivity contribution in [3.8, 4) is 11.1 Å².